The van der Waals surface area contributed by atoms with Gasteiger partial charge in [-0.25, -0.2) is 0 Å². The van der Waals surface area contributed by atoms with Crippen molar-refractivity contribution in [3.05, 3.63) is 24.3 Å². The van der Waals surface area contributed by atoms with Gasteiger partial charge in [-0.05, 0) is 76.6 Å². The Balaban J connectivity index is 0.000000590. The van der Waals surface area contributed by atoms with E-state index in [1.54, 1.807) is 12.1 Å². The molecular formula is C32H54O9. The van der Waals surface area contributed by atoms with E-state index >= 15 is 0 Å². The molecule has 9 heteroatoms. The number of hydrogen-bond donors (Lipinski definition) is 2. The van der Waals surface area contributed by atoms with Crippen molar-refractivity contribution in [2.45, 2.75) is 93.9 Å². The third kappa shape index (κ3) is 15.2. The standard InChI is InChI=1S/C12H16O3.C11H20O3.C9H18O3/c1-4-12(2,3)11(14)15-10-7-5-9(13)6-8-10;1-4-9(3)10(12)14-8-11(5-2)6-13-7-11;1-3-8(2)9(11)12-7-5-4-6-10/h5-8,13H,4H2,1-3H3;9H,4-8H2,1-3H3;8,10H,3-7H2,1-2H3. The Kier molecular flexibility index (Phi) is 19.0. The summed E-state index contributed by atoms with van der Waals surface area (Å²) in [4.78, 5) is 34.1. The number of aliphatic hydroxyl groups excluding tert-OH is 1. The molecule has 1 aliphatic heterocycles. The van der Waals surface area contributed by atoms with Crippen molar-refractivity contribution in [3.8, 4) is 11.5 Å². The SMILES string of the molecule is CCC(C)(C)C(=O)Oc1ccc(O)cc1.CCC(C)C(=O)OCC1(CC)COC1.CCC(C)C(=O)OCCCCO. The number of aliphatic hydroxyl groups is 1. The van der Waals surface area contributed by atoms with Crippen LogP contribution in [0.15, 0.2) is 24.3 Å². The average Bonchev–Trinajstić information content (AvgIpc) is 2.95. The number of hydrogen-bond acceptors (Lipinski definition) is 9. The monoisotopic (exact) mass is 582 g/mol. The van der Waals surface area contributed by atoms with Crippen LogP contribution in [0.2, 0.25) is 0 Å². The molecule has 1 aromatic carbocycles. The Morgan fingerprint density at radius 2 is 1.46 bits per heavy atom. The van der Waals surface area contributed by atoms with Crippen LogP contribution in [0.5, 0.6) is 11.5 Å². The van der Waals surface area contributed by atoms with E-state index in [-0.39, 0.29) is 47.5 Å². The number of unbranched alkanes of at least 4 members (excludes halogenated alkanes) is 1. The largest absolute Gasteiger partial charge is 0.508 e. The van der Waals surface area contributed by atoms with Gasteiger partial charge in [-0.15, -0.1) is 0 Å². The molecule has 1 aliphatic rings. The second-order valence-electron chi connectivity index (χ2n) is 11.3. The Morgan fingerprint density at radius 3 is 1.88 bits per heavy atom. The second kappa shape index (κ2) is 20.3. The molecule has 1 heterocycles. The molecule has 41 heavy (non-hydrogen) atoms. The van der Waals surface area contributed by atoms with E-state index in [9.17, 15) is 14.4 Å². The first-order valence-electron chi connectivity index (χ1n) is 14.8. The highest BCUT2D eigenvalue weighted by Crippen LogP contribution is 2.31. The molecule has 9 nitrogen and oxygen atoms in total. The lowest BCUT2D eigenvalue weighted by molar-refractivity contribution is -0.173. The van der Waals surface area contributed by atoms with E-state index in [1.807, 2.05) is 48.5 Å². The predicted octanol–water partition coefficient (Wildman–Crippen LogP) is 6.08. The smallest absolute Gasteiger partial charge is 0.316 e. The fraction of sp³-hybridized carbons (Fsp3) is 0.719. The average molecular weight is 583 g/mol. The van der Waals surface area contributed by atoms with E-state index in [2.05, 4.69) is 6.92 Å². The minimum absolute atomic E-state index is 0.000809. The molecule has 2 N–H and O–H groups in total. The number of phenols is 1. The van der Waals surface area contributed by atoms with Crippen LogP contribution >= 0.6 is 0 Å². The number of carbonyl (C=O) groups is 3. The van der Waals surface area contributed by atoms with Crippen LogP contribution in [0, 0.1) is 22.7 Å². The summed E-state index contributed by atoms with van der Waals surface area (Å²) in [6.07, 6.45) is 4.85. The fourth-order valence-electron chi connectivity index (χ4n) is 2.91. The maximum Gasteiger partial charge on any atom is 0.316 e. The van der Waals surface area contributed by atoms with E-state index < -0.39 is 5.41 Å². The van der Waals surface area contributed by atoms with E-state index in [1.165, 1.54) is 12.1 Å². The van der Waals surface area contributed by atoms with Gasteiger partial charge in [-0.3, -0.25) is 14.4 Å². The lowest BCUT2D eigenvalue weighted by atomic mass is 9.84. The van der Waals surface area contributed by atoms with Gasteiger partial charge in [0.15, 0.2) is 0 Å². The molecule has 0 spiro atoms. The number of rotatable bonds is 14. The number of benzene rings is 1. The third-order valence-electron chi connectivity index (χ3n) is 7.40. The van der Waals surface area contributed by atoms with Gasteiger partial charge in [0.2, 0.25) is 0 Å². The van der Waals surface area contributed by atoms with Crippen LogP contribution in [0.25, 0.3) is 0 Å². The predicted molar refractivity (Wildman–Crippen MR) is 159 cm³/mol. The number of carbonyl (C=O) groups excluding carboxylic acids is 3. The summed E-state index contributed by atoms with van der Waals surface area (Å²) < 4.78 is 20.6. The van der Waals surface area contributed by atoms with E-state index in [4.69, 9.17) is 29.2 Å². The van der Waals surface area contributed by atoms with Crippen LogP contribution in [-0.2, 0) is 28.6 Å². The maximum atomic E-state index is 11.7. The molecule has 2 atom stereocenters. The zero-order valence-electron chi connectivity index (χ0n) is 26.5. The summed E-state index contributed by atoms with van der Waals surface area (Å²) in [5.74, 6) is 0.172. The van der Waals surface area contributed by atoms with Crippen molar-refractivity contribution in [2.24, 2.45) is 22.7 Å². The zero-order valence-corrected chi connectivity index (χ0v) is 26.5. The molecule has 0 aromatic heterocycles. The van der Waals surface area contributed by atoms with Crippen molar-refractivity contribution >= 4 is 17.9 Å². The fourth-order valence-corrected chi connectivity index (χ4v) is 2.91. The molecule has 0 aliphatic carbocycles. The van der Waals surface area contributed by atoms with E-state index in [0.29, 0.717) is 25.4 Å². The van der Waals surface area contributed by atoms with Gasteiger partial charge in [0, 0.05) is 6.61 Å². The third-order valence-corrected chi connectivity index (χ3v) is 7.40. The summed E-state index contributed by atoms with van der Waals surface area (Å²) >= 11 is 0. The molecule has 2 unspecified atom stereocenters. The van der Waals surface area contributed by atoms with Crippen LogP contribution in [0.1, 0.15) is 93.9 Å². The summed E-state index contributed by atoms with van der Waals surface area (Å²) in [7, 11) is 0. The minimum Gasteiger partial charge on any atom is -0.508 e. The first-order valence-corrected chi connectivity index (χ1v) is 14.8. The summed E-state index contributed by atoms with van der Waals surface area (Å²) in [6, 6.07) is 6.11. The quantitative estimate of drug-likeness (QED) is 0.152. The number of ether oxygens (including phenoxy) is 4. The van der Waals surface area contributed by atoms with Crippen molar-refractivity contribution in [1.29, 1.82) is 0 Å². The van der Waals surface area contributed by atoms with Gasteiger partial charge in [-0.2, -0.15) is 0 Å². The Hall–Kier alpha value is -2.65. The number of aromatic hydroxyl groups is 1. The van der Waals surface area contributed by atoms with Crippen LogP contribution < -0.4 is 4.74 Å². The molecule has 2 rings (SSSR count). The van der Waals surface area contributed by atoms with Gasteiger partial charge >= 0.3 is 17.9 Å². The highest BCUT2D eigenvalue weighted by Gasteiger charge is 2.38. The molecule has 1 fully saturated rings. The first kappa shape index (κ1) is 38.4. The summed E-state index contributed by atoms with van der Waals surface area (Å²) in [5.41, 5.74) is -0.360. The van der Waals surface area contributed by atoms with Crippen LogP contribution in [0.4, 0.5) is 0 Å². The lowest BCUT2D eigenvalue weighted by Crippen LogP contribution is -2.46. The normalized spacial score (nSPS) is 15.0. The zero-order chi connectivity index (χ0) is 31.5. The van der Waals surface area contributed by atoms with Gasteiger partial charge in [0.25, 0.3) is 0 Å². The topological polar surface area (TPSA) is 129 Å². The first-order chi connectivity index (χ1) is 19.3. The van der Waals surface area contributed by atoms with Crippen molar-refractivity contribution in [2.75, 3.05) is 33.0 Å². The second-order valence-corrected chi connectivity index (χ2v) is 11.3. The van der Waals surface area contributed by atoms with Crippen molar-refractivity contribution in [1.82, 2.24) is 0 Å². The molecule has 236 valence electrons. The van der Waals surface area contributed by atoms with Gasteiger partial charge in [-0.1, -0.05) is 41.5 Å². The molecular weight excluding hydrogens is 528 g/mol. The van der Waals surface area contributed by atoms with E-state index in [0.717, 1.165) is 45.3 Å². The van der Waals surface area contributed by atoms with Crippen LogP contribution in [0.3, 0.4) is 0 Å². The molecule has 1 aromatic rings. The molecule has 1 saturated heterocycles. The number of esters is 3. The Labute approximate surface area is 246 Å². The lowest BCUT2D eigenvalue weighted by Gasteiger charge is -2.40. The van der Waals surface area contributed by atoms with Gasteiger partial charge in [0.05, 0.1) is 42.5 Å². The number of phenolic OH excluding ortho intramolecular Hbond substituents is 1. The van der Waals surface area contributed by atoms with Crippen LogP contribution in [-0.4, -0.2) is 61.2 Å². The van der Waals surface area contributed by atoms with Gasteiger partial charge in [0.1, 0.15) is 18.1 Å². The van der Waals surface area contributed by atoms with Gasteiger partial charge < -0.3 is 29.2 Å². The summed E-state index contributed by atoms with van der Waals surface area (Å²) in [5, 5.41) is 17.5. The molecule has 0 radical (unpaired) electrons. The summed E-state index contributed by atoms with van der Waals surface area (Å²) in [6.45, 7) is 18.0. The minimum atomic E-state index is -0.474. The Bertz CT molecular complexity index is 870. The van der Waals surface area contributed by atoms with Crippen molar-refractivity contribution < 1.29 is 43.5 Å². The Morgan fingerprint density at radius 1 is 0.927 bits per heavy atom. The highest BCUT2D eigenvalue weighted by atomic mass is 16.6. The molecule has 0 bridgehead atoms. The maximum absolute atomic E-state index is 11.7. The molecule has 0 saturated carbocycles. The van der Waals surface area contributed by atoms with Crippen molar-refractivity contribution in [3.63, 3.8) is 0 Å². The highest BCUT2D eigenvalue weighted by molar-refractivity contribution is 5.78. The molecule has 0 amide bonds.